The number of nitrogens with one attached hydrogen (secondary N) is 1. The first-order chi connectivity index (χ1) is 17.4. The van der Waals surface area contributed by atoms with E-state index in [9.17, 15) is 4.79 Å². The zero-order valence-electron chi connectivity index (χ0n) is 22.2. The predicted octanol–water partition coefficient (Wildman–Crippen LogP) is 4.17. The zero-order chi connectivity index (χ0) is 25.5. The van der Waals surface area contributed by atoms with Crippen LogP contribution in [0, 0.1) is 17.8 Å². The molecule has 2 aromatic rings. The van der Waals surface area contributed by atoms with Crippen LogP contribution >= 0.6 is 0 Å². The molecule has 7 heteroatoms. The van der Waals surface area contributed by atoms with E-state index in [1.807, 2.05) is 31.6 Å². The highest BCUT2D eigenvalue weighted by atomic mass is 16.5. The van der Waals surface area contributed by atoms with Crippen molar-refractivity contribution in [2.75, 3.05) is 19.6 Å². The van der Waals surface area contributed by atoms with Gasteiger partial charge in [0.05, 0.1) is 36.9 Å². The van der Waals surface area contributed by atoms with Crippen LogP contribution in [0.5, 0.6) is 0 Å². The summed E-state index contributed by atoms with van der Waals surface area (Å²) < 4.78 is 8.13. The number of benzene rings is 1. The SMILES string of the molecule is CC(C)NC(=O)[C@H](C)[C@H]1CC[C@@H](C[C@@H](C)n2cc(C#CCN3CCC(c4ccccc4)CC3)nn2)O1. The fourth-order valence-corrected chi connectivity index (χ4v) is 5.29. The second-order valence-electron chi connectivity index (χ2n) is 10.8. The Labute approximate surface area is 216 Å². The summed E-state index contributed by atoms with van der Waals surface area (Å²) in [5.41, 5.74) is 2.17. The maximum Gasteiger partial charge on any atom is 0.225 e. The monoisotopic (exact) mass is 491 g/mol. The average Bonchev–Trinajstić information content (AvgIpc) is 3.54. The van der Waals surface area contributed by atoms with Crippen LogP contribution in [0.25, 0.3) is 0 Å². The van der Waals surface area contributed by atoms with Gasteiger partial charge in [0.2, 0.25) is 5.91 Å². The summed E-state index contributed by atoms with van der Waals surface area (Å²) in [6.07, 6.45) is 7.16. The third kappa shape index (κ3) is 7.18. The summed E-state index contributed by atoms with van der Waals surface area (Å²) >= 11 is 0. The number of nitrogens with zero attached hydrogens (tertiary/aromatic N) is 4. The molecule has 2 saturated heterocycles. The number of carbonyl (C=O) groups is 1. The molecular formula is C29H41N5O2. The lowest BCUT2D eigenvalue weighted by Gasteiger charge is -2.30. The van der Waals surface area contributed by atoms with Gasteiger partial charge in [-0.15, -0.1) is 5.10 Å². The summed E-state index contributed by atoms with van der Waals surface area (Å²) in [5, 5.41) is 11.6. The van der Waals surface area contributed by atoms with E-state index >= 15 is 0 Å². The molecule has 0 unspecified atom stereocenters. The number of aromatic nitrogens is 3. The van der Waals surface area contributed by atoms with Crippen LogP contribution < -0.4 is 5.32 Å². The number of amides is 1. The molecule has 1 amide bonds. The second-order valence-corrected chi connectivity index (χ2v) is 10.8. The summed E-state index contributed by atoms with van der Waals surface area (Å²) in [5.74, 6) is 7.09. The molecule has 36 heavy (non-hydrogen) atoms. The van der Waals surface area contributed by atoms with E-state index in [0.717, 1.165) is 38.9 Å². The van der Waals surface area contributed by atoms with Crippen molar-refractivity contribution >= 4 is 5.91 Å². The molecular weight excluding hydrogens is 450 g/mol. The zero-order valence-corrected chi connectivity index (χ0v) is 22.2. The lowest BCUT2D eigenvalue weighted by molar-refractivity contribution is -0.129. The Balaban J connectivity index is 1.20. The van der Waals surface area contributed by atoms with Crippen molar-refractivity contribution in [2.45, 2.75) is 90.0 Å². The van der Waals surface area contributed by atoms with Crippen LogP contribution in [0.4, 0.5) is 0 Å². The number of likely N-dealkylation sites (tertiary alicyclic amines) is 1. The molecule has 3 heterocycles. The minimum absolute atomic E-state index is 0.0177. The molecule has 0 saturated carbocycles. The number of carbonyl (C=O) groups excluding carboxylic acids is 1. The van der Waals surface area contributed by atoms with Gasteiger partial charge in [-0.05, 0) is 83.4 Å². The van der Waals surface area contributed by atoms with E-state index in [4.69, 9.17) is 4.74 Å². The number of ether oxygens (including phenoxy) is 1. The number of hydrogen-bond acceptors (Lipinski definition) is 5. The van der Waals surface area contributed by atoms with Crippen molar-refractivity contribution in [3.8, 4) is 11.8 Å². The quantitative estimate of drug-likeness (QED) is 0.561. The Kier molecular flexibility index (Phi) is 9.17. The molecule has 4 rings (SSSR count). The van der Waals surface area contributed by atoms with Gasteiger partial charge in [-0.25, -0.2) is 4.68 Å². The Morgan fingerprint density at radius 3 is 2.58 bits per heavy atom. The molecule has 1 N–H and O–H groups in total. The average molecular weight is 492 g/mol. The highest BCUT2D eigenvalue weighted by molar-refractivity contribution is 5.79. The summed E-state index contributed by atoms with van der Waals surface area (Å²) in [6, 6.07) is 11.1. The first kappa shape index (κ1) is 26.4. The van der Waals surface area contributed by atoms with Gasteiger partial charge < -0.3 is 10.1 Å². The fraction of sp³-hybridized carbons (Fsp3) is 0.621. The number of rotatable bonds is 8. The lowest BCUT2D eigenvalue weighted by atomic mass is 9.89. The van der Waals surface area contributed by atoms with Crippen LogP contribution in [0.3, 0.4) is 0 Å². The molecule has 1 aromatic carbocycles. The van der Waals surface area contributed by atoms with Gasteiger partial charge in [0.1, 0.15) is 0 Å². The minimum atomic E-state index is -0.134. The molecule has 2 aliphatic rings. The van der Waals surface area contributed by atoms with Gasteiger partial charge in [0, 0.05) is 6.04 Å². The summed E-state index contributed by atoms with van der Waals surface area (Å²) in [6.45, 7) is 11.0. The lowest BCUT2D eigenvalue weighted by Crippen LogP contribution is -2.39. The Bertz CT molecular complexity index is 1030. The number of piperidine rings is 1. The van der Waals surface area contributed by atoms with Crippen LogP contribution in [0.15, 0.2) is 36.5 Å². The normalized spacial score (nSPS) is 22.7. The van der Waals surface area contributed by atoms with Crippen molar-refractivity contribution in [3.63, 3.8) is 0 Å². The van der Waals surface area contributed by atoms with Crippen LogP contribution in [-0.2, 0) is 9.53 Å². The predicted molar refractivity (Wildman–Crippen MR) is 141 cm³/mol. The molecule has 4 atom stereocenters. The Morgan fingerprint density at radius 2 is 1.86 bits per heavy atom. The van der Waals surface area contributed by atoms with Crippen molar-refractivity contribution < 1.29 is 9.53 Å². The van der Waals surface area contributed by atoms with Crippen molar-refractivity contribution in [2.24, 2.45) is 5.92 Å². The van der Waals surface area contributed by atoms with Gasteiger partial charge in [-0.1, -0.05) is 48.4 Å². The molecule has 194 valence electrons. The number of hydrogen-bond donors (Lipinski definition) is 1. The third-order valence-electron chi connectivity index (χ3n) is 7.49. The van der Waals surface area contributed by atoms with E-state index < -0.39 is 0 Å². The smallest absolute Gasteiger partial charge is 0.225 e. The first-order valence-corrected chi connectivity index (χ1v) is 13.5. The minimum Gasteiger partial charge on any atom is -0.374 e. The van der Waals surface area contributed by atoms with Gasteiger partial charge in [-0.3, -0.25) is 9.69 Å². The maximum absolute atomic E-state index is 12.3. The standard InChI is InChI=1S/C29H41N5O2/c1-21(2)30-29(35)23(4)28-13-12-27(36-28)19-22(3)34-20-26(31-32-34)11-8-16-33-17-14-25(15-18-33)24-9-6-5-7-10-24/h5-7,9-10,20-23,25,27-28H,12-19H2,1-4H3,(H,30,35)/t22-,23-,27+,28-/m1/s1. The van der Waals surface area contributed by atoms with E-state index in [2.05, 4.69) is 69.6 Å². The van der Waals surface area contributed by atoms with E-state index in [0.29, 0.717) is 11.6 Å². The maximum atomic E-state index is 12.3. The molecule has 2 aliphatic heterocycles. The van der Waals surface area contributed by atoms with Crippen LogP contribution in [0.2, 0.25) is 0 Å². The van der Waals surface area contributed by atoms with Gasteiger partial charge >= 0.3 is 0 Å². The van der Waals surface area contributed by atoms with Crippen molar-refractivity contribution in [1.29, 1.82) is 0 Å². The molecule has 0 spiro atoms. The Hall–Kier alpha value is -2.69. The summed E-state index contributed by atoms with van der Waals surface area (Å²) in [7, 11) is 0. The highest BCUT2D eigenvalue weighted by Crippen LogP contribution is 2.30. The molecule has 0 aliphatic carbocycles. The van der Waals surface area contributed by atoms with Crippen LogP contribution in [0.1, 0.15) is 83.0 Å². The highest BCUT2D eigenvalue weighted by Gasteiger charge is 2.34. The second kappa shape index (κ2) is 12.5. The molecule has 2 fully saturated rings. The largest absolute Gasteiger partial charge is 0.374 e. The van der Waals surface area contributed by atoms with Crippen LogP contribution in [-0.4, -0.2) is 63.7 Å². The van der Waals surface area contributed by atoms with E-state index in [1.54, 1.807) is 0 Å². The van der Waals surface area contributed by atoms with Crippen molar-refractivity contribution in [1.82, 2.24) is 25.2 Å². The molecule has 7 nitrogen and oxygen atoms in total. The van der Waals surface area contributed by atoms with Gasteiger partial charge in [0.25, 0.3) is 0 Å². The van der Waals surface area contributed by atoms with Crippen molar-refractivity contribution in [3.05, 3.63) is 47.8 Å². The first-order valence-electron chi connectivity index (χ1n) is 13.5. The third-order valence-corrected chi connectivity index (χ3v) is 7.49. The van der Waals surface area contributed by atoms with E-state index in [-0.39, 0.29) is 36.1 Å². The van der Waals surface area contributed by atoms with E-state index in [1.165, 1.54) is 18.4 Å². The molecule has 0 radical (unpaired) electrons. The fourth-order valence-electron chi connectivity index (χ4n) is 5.29. The topological polar surface area (TPSA) is 72.3 Å². The summed E-state index contributed by atoms with van der Waals surface area (Å²) in [4.78, 5) is 14.8. The van der Waals surface area contributed by atoms with Gasteiger partial charge in [0.15, 0.2) is 5.69 Å². The Morgan fingerprint density at radius 1 is 1.11 bits per heavy atom. The molecule has 1 aromatic heterocycles. The van der Waals surface area contributed by atoms with Gasteiger partial charge in [-0.2, -0.15) is 0 Å². The molecule has 0 bridgehead atoms.